The van der Waals surface area contributed by atoms with Gasteiger partial charge in [-0.05, 0) is 12.1 Å². The summed E-state index contributed by atoms with van der Waals surface area (Å²) in [6, 6.07) is 7.73. The molecule has 0 saturated carbocycles. The Morgan fingerprint density at radius 3 is 2.53 bits per heavy atom. The van der Waals surface area contributed by atoms with Gasteiger partial charge in [-0.25, -0.2) is 0 Å². The molecule has 3 nitrogen and oxygen atoms in total. The highest BCUT2D eigenvalue weighted by Gasteiger charge is 2.10. The standard InChI is InChI=1S/C11H13N3S/c1-7(2)10-13-14-11(15-10)8-5-3-4-6-9(8)12/h3-7H,12H2,1-2H3. The zero-order chi connectivity index (χ0) is 10.8. The number of aromatic nitrogens is 2. The highest BCUT2D eigenvalue weighted by Crippen LogP contribution is 2.30. The summed E-state index contributed by atoms with van der Waals surface area (Å²) >= 11 is 1.61. The maximum Gasteiger partial charge on any atom is 0.149 e. The Bertz CT molecular complexity index is 462. The molecular formula is C11H13N3S. The third-order valence-electron chi connectivity index (χ3n) is 2.13. The van der Waals surface area contributed by atoms with E-state index in [2.05, 4.69) is 24.0 Å². The Morgan fingerprint density at radius 1 is 1.20 bits per heavy atom. The predicted octanol–water partition coefficient (Wildman–Crippen LogP) is 2.91. The van der Waals surface area contributed by atoms with Gasteiger partial charge in [-0.3, -0.25) is 0 Å². The highest BCUT2D eigenvalue weighted by molar-refractivity contribution is 7.14. The topological polar surface area (TPSA) is 51.8 Å². The van der Waals surface area contributed by atoms with Crippen molar-refractivity contribution in [2.24, 2.45) is 0 Å². The third-order valence-corrected chi connectivity index (χ3v) is 3.38. The number of nitrogens with two attached hydrogens (primary N) is 1. The Kier molecular flexibility index (Phi) is 2.68. The molecule has 0 aliphatic heterocycles. The number of para-hydroxylation sites is 1. The molecule has 0 spiro atoms. The van der Waals surface area contributed by atoms with Crippen molar-refractivity contribution in [2.75, 3.05) is 5.73 Å². The average Bonchev–Trinajstić information content (AvgIpc) is 2.67. The quantitative estimate of drug-likeness (QED) is 0.790. The summed E-state index contributed by atoms with van der Waals surface area (Å²) in [5.74, 6) is 0.418. The molecule has 1 heterocycles. The lowest BCUT2D eigenvalue weighted by Crippen LogP contribution is -1.88. The van der Waals surface area contributed by atoms with Crippen molar-refractivity contribution in [3.05, 3.63) is 29.3 Å². The van der Waals surface area contributed by atoms with Gasteiger partial charge in [-0.2, -0.15) is 0 Å². The fourth-order valence-corrected chi connectivity index (χ4v) is 2.16. The SMILES string of the molecule is CC(C)c1nnc(-c2ccccc2N)s1. The van der Waals surface area contributed by atoms with Crippen molar-refractivity contribution < 1.29 is 0 Å². The van der Waals surface area contributed by atoms with E-state index < -0.39 is 0 Å². The highest BCUT2D eigenvalue weighted by atomic mass is 32.1. The van der Waals surface area contributed by atoms with Gasteiger partial charge in [-0.1, -0.05) is 37.3 Å². The molecule has 2 N–H and O–H groups in total. The largest absolute Gasteiger partial charge is 0.398 e. The summed E-state index contributed by atoms with van der Waals surface area (Å²) in [4.78, 5) is 0. The van der Waals surface area contributed by atoms with Gasteiger partial charge in [0.05, 0.1) is 0 Å². The summed E-state index contributed by atoms with van der Waals surface area (Å²) < 4.78 is 0. The van der Waals surface area contributed by atoms with Crippen LogP contribution in [0.5, 0.6) is 0 Å². The number of hydrogen-bond acceptors (Lipinski definition) is 4. The van der Waals surface area contributed by atoms with Crippen LogP contribution in [0.4, 0.5) is 5.69 Å². The van der Waals surface area contributed by atoms with Gasteiger partial charge in [0.1, 0.15) is 10.0 Å². The van der Waals surface area contributed by atoms with Gasteiger partial charge in [0.15, 0.2) is 0 Å². The van der Waals surface area contributed by atoms with Gasteiger partial charge in [0.25, 0.3) is 0 Å². The zero-order valence-electron chi connectivity index (χ0n) is 8.77. The van der Waals surface area contributed by atoms with Crippen LogP contribution in [-0.2, 0) is 0 Å². The summed E-state index contributed by atoms with van der Waals surface area (Å²) in [6.45, 7) is 4.22. The average molecular weight is 219 g/mol. The maximum atomic E-state index is 5.88. The van der Waals surface area contributed by atoms with Crippen LogP contribution in [0.3, 0.4) is 0 Å². The van der Waals surface area contributed by atoms with E-state index in [1.54, 1.807) is 11.3 Å². The van der Waals surface area contributed by atoms with Crippen LogP contribution in [-0.4, -0.2) is 10.2 Å². The van der Waals surface area contributed by atoms with E-state index in [-0.39, 0.29) is 0 Å². The van der Waals surface area contributed by atoms with Crippen LogP contribution in [0, 0.1) is 0 Å². The lowest BCUT2D eigenvalue weighted by atomic mass is 10.2. The molecule has 78 valence electrons. The second-order valence-electron chi connectivity index (χ2n) is 3.69. The smallest absolute Gasteiger partial charge is 0.149 e. The van der Waals surface area contributed by atoms with Crippen molar-refractivity contribution in [1.29, 1.82) is 0 Å². The number of anilines is 1. The minimum absolute atomic E-state index is 0.418. The van der Waals surface area contributed by atoms with Crippen molar-refractivity contribution in [2.45, 2.75) is 19.8 Å². The first kappa shape index (κ1) is 10.1. The van der Waals surface area contributed by atoms with Crippen LogP contribution >= 0.6 is 11.3 Å². The second kappa shape index (κ2) is 3.98. The number of hydrogen-bond donors (Lipinski definition) is 1. The van der Waals surface area contributed by atoms with Gasteiger partial charge < -0.3 is 5.73 Å². The van der Waals surface area contributed by atoms with E-state index in [1.807, 2.05) is 24.3 Å². The molecule has 15 heavy (non-hydrogen) atoms. The minimum Gasteiger partial charge on any atom is -0.398 e. The molecule has 0 fully saturated rings. The van der Waals surface area contributed by atoms with Gasteiger partial charge >= 0.3 is 0 Å². The van der Waals surface area contributed by atoms with Crippen molar-refractivity contribution in [1.82, 2.24) is 10.2 Å². The lowest BCUT2D eigenvalue weighted by Gasteiger charge is -1.99. The van der Waals surface area contributed by atoms with E-state index >= 15 is 0 Å². The van der Waals surface area contributed by atoms with Crippen molar-refractivity contribution in [3.63, 3.8) is 0 Å². The van der Waals surface area contributed by atoms with E-state index in [0.29, 0.717) is 5.92 Å². The molecule has 1 aromatic heterocycles. The predicted molar refractivity (Wildman–Crippen MR) is 63.8 cm³/mol. The first-order valence-corrected chi connectivity index (χ1v) is 5.68. The molecule has 0 amide bonds. The first-order chi connectivity index (χ1) is 7.18. The van der Waals surface area contributed by atoms with E-state index in [1.165, 1.54) is 0 Å². The normalized spacial score (nSPS) is 10.9. The van der Waals surface area contributed by atoms with Crippen LogP contribution < -0.4 is 5.73 Å². The Morgan fingerprint density at radius 2 is 1.93 bits per heavy atom. The molecule has 0 radical (unpaired) electrons. The molecule has 0 bridgehead atoms. The Hall–Kier alpha value is -1.42. The molecule has 0 saturated heterocycles. The number of nitrogens with zero attached hydrogens (tertiary/aromatic N) is 2. The van der Waals surface area contributed by atoms with Crippen LogP contribution in [0.1, 0.15) is 24.8 Å². The molecule has 0 atom stereocenters. The molecule has 0 aliphatic rings. The summed E-state index contributed by atoms with van der Waals surface area (Å²) in [7, 11) is 0. The third kappa shape index (κ3) is 1.99. The Balaban J connectivity index is 2.42. The van der Waals surface area contributed by atoms with E-state index in [4.69, 9.17) is 5.73 Å². The molecule has 2 aromatic rings. The zero-order valence-corrected chi connectivity index (χ0v) is 9.58. The van der Waals surface area contributed by atoms with Gasteiger partial charge in [-0.15, -0.1) is 10.2 Å². The monoisotopic (exact) mass is 219 g/mol. The van der Waals surface area contributed by atoms with Crippen LogP contribution in [0.15, 0.2) is 24.3 Å². The summed E-state index contributed by atoms with van der Waals surface area (Å²) in [5, 5.41) is 10.3. The Labute approximate surface area is 93.0 Å². The number of nitrogen functional groups attached to an aromatic ring is 1. The van der Waals surface area contributed by atoms with Crippen molar-refractivity contribution in [3.8, 4) is 10.6 Å². The second-order valence-corrected chi connectivity index (χ2v) is 4.70. The van der Waals surface area contributed by atoms with Crippen LogP contribution in [0.2, 0.25) is 0 Å². The minimum atomic E-state index is 0.418. The fraction of sp³-hybridized carbons (Fsp3) is 0.273. The van der Waals surface area contributed by atoms with E-state index in [9.17, 15) is 0 Å². The first-order valence-electron chi connectivity index (χ1n) is 4.86. The summed E-state index contributed by atoms with van der Waals surface area (Å²) in [5.41, 5.74) is 7.60. The molecule has 2 rings (SSSR count). The van der Waals surface area contributed by atoms with Crippen LogP contribution in [0.25, 0.3) is 10.6 Å². The number of rotatable bonds is 2. The van der Waals surface area contributed by atoms with Gasteiger partial charge in [0.2, 0.25) is 0 Å². The number of benzene rings is 1. The molecule has 4 heteroatoms. The molecule has 0 unspecified atom stereocenters. The maximum absolute atomic E-state index is 5.88. The summed E-state index contributed by atoms with van der Waals surface area (Å²) in [6.07, 6.45) is 0. The van der Waals surface area contributed by atoms with Crippen molar-refractivity contribution >= 4 is 17.0 Å². The molecule has 0 aliphatic carbocycles. The van der Waals surface area contributed by atoms with E-state index in [0.717, 1.165) is 21.3 Å². The molecule has 1 aromatic carbocycles. The van der Waals surface area contributed by atoms with Gasteiger partial charge in [0, 0.05) is 17.2 Å². The lowest BCUT2D eigenvalue weighted by molar-refractivity contribution is 0.825. The fourth-order valence-electron chi connectivity index (χ4n) is 1.27. The molecular weight excluding hydrogens is 206 g/mol.